The summed E-state index contributed by atoms with van der Waals surface area (Å²) in [5.41, 5.74) is 5.73. The van der Waals surface area contributed by atoms with Gasteiger partial charge in [0, 0.05) is 18.8 Å². The summed E-state index contributed by atoms with van der Waals surface area (Å²) in [5.74, 6) is -0.179. The highest BCUT2D eigenvalue weighted by molar-refractivity contribution is 7.14. The largest absolute Gasteiger partial charge is 0.493 e. The van der Waals surface area contributed by atoms with Gasteiger partial charge < -0.3 is 15.2 Å². The van der Waals surface area contributed by atoms with E-state index in [0.717, 1.165) is 31.7 Å². The molecular formula is C23H34F3N3O2S. The maximum Gasteiger partial charge on any atom is 0.419 e. The Morgan fingerprint density at radius 3 is 2.41 bits per heavy atom. The van der Waals surface area contributed by atoms with Crippen LogP contribution in [0.1, 0.15) is 76.4 Å². The fourth-order valence-electron chi connectivity index (χ4n) is 3.36. The van der Waals surface area contributed by atoms with Crippen LogP contribution in [-0.2, 0) is 10.9 Å². The van der Waals surface area contributed by atoms with Crippen LogP contribution in [0.3, 0.4) is 0 Å². The molecule has 5 nitrogen and oxygen atoms in total. The van der Waals surface area contributed by atoms with E-state index in [1.165, 1.54) is 17.4 Å². The van der Waals surface area contributed by atoms with Crippen molar-refractivity contribution in [3.05, 3.63) is 28.8 Å². The minimum atomic E-state index is -4.54. The van der Waals surface area contributed by atoms with Crippen molar-refractivity contribution < 1.29 is 22.6 Å². The van der Waals surface area contributed by atoms with Gasteiger partial charge in [0.1, 0.15) is 15.8 Å². The number of rotatable bonds is 13. The predicted octanol–water partition coefficient (Wildman–Crippen LogP) is 6.64. The number of nitrogens with zero attached hydrogens (tertiary/aromatic N) is 2. The van der Waals surface area contributed by atoms with Crippen molar-refractivity contribution in [1.29, 1.82) is 0 Å². The molecule has 1 unspecified atom stereocenters. The molecule has 0 aliphatic rings. The summed E-state index contributed by atoms with van der Waals surface area (Å²) in [4.78, 5) is 0. The van der Waals surface area contributed by atoms with Crippen LogP contribution in [0, 0.1) is 5.41 Å². The van der Waals surface area contributed by atoms with Crippen molar-refractivity contribution in [2.45, 2.75) is 72.0 Å². The third kappa shape index (κ3) is 7.42. The molecule has 1 aromatic carbocycles. The molecule has 2 N–H and O–H groups in total. The van der Waals surface area contributed by atoms with Crippen molar-refractivity contribution in [3.63, 3.8) is 0 Å². The quantitative estimate of drug-likeness (QED) is 0.330. The number of unbranched alkanes of at least 4 members (excludes halogenated alkanes) is 1. The SMILES string of the molecule is CCCOCCCCOc1ccc(-c2nnc(C(N)C(C)(C)CCC)s2)cc1C(F)(F)F. The smallest absolute Gasteiger partial charge is 0.419 e. The molecule has 1 aromatic heterocycles. The summed E-state index contributed by atoms with van der Waals surface area (Å²) in [6, 6.07) is 3.68. The van der Waals surface area contributed by atoms with Gasteiger partial charge in [0.25, 0.3) is 0 Å². The van der Waals surface area contributed by atoms with Crippen molar-refractivity contribution >= 4 is 11.3 Å². The normalized spacial score (nSPS) is 13.4. The third-order valence-electron chi connectivity index (χ3n) is 5.26. The Bertz CT molecular complexity index is 840. The fourth-order valence-corrected chi connectivity index (χ4v) is 4.41. The van der Waals surface area contributed by atoms with Crippen LogP contribution in [0.5, 0.6) is 5.75 Å². The monoisotopic (exact) mass is 473 g/mol. The lowest BCUT2D eigenvalue weighted by molar-refractivity contribution is -0.138. The average molecular weight is 474 g/mol. The molecule has 0 aliphatic carbocycles. The van der Waals surface area contributed by atoms with E-state index in [-0.39, 0.29) is 23.8 Å². The van der Waals surface area contributed by atoms with Crippen LogP contribution >= 0.6 is 11.3 Å². The van der Waals surface area contributed by atoms with Gasteiger partial charge in [-0.05, 0) is 49.3 Å². The first kappa shape index (κ1) is 26.5. The molecule has 1 heterocycles. The molecule has 0 spiro atoms. The van der Waals surface area contributed by atoms with E-state index in [0.29, 0.717) is 35.2 Å². The average Bonchev–Trinajstić information content (AvgIpc) is 3.22. The lowest BCUT2D eigenvalue weighted by Crippen LogP contribution is -2.29. The van der Waals surface area contributed by atoms with Crippen molar-refractivity contribution in [1.82, 2.24) is 10.2 Å². The fraction of sp³-hybridized carbons (Fsp3) is 0.652. The van der Waals surface area contributed by atoms with Crippen LogP contribution in [0.25, 0.3) is 10.6 Å². The van der Waals surface area contributed by atoms with Gasteiger partial charge >= 0.3 is 6.18 Å². The minimum Gasteiger partial charge on any atom is -0.493 e. The number of aromatic nitrogens is 2. The van der Waals surface area contributed by atoms with Gasteiger partial charge in [-0.1, -0.05) is 45.5 Å². The Morgan fingerprint density at radius 1 is 1.03 bits per heavy atom. The van der Waals surface area contributed by atoms with Crippen molar-refractivity contribution in [2.75, 3.05) is 19.8 Å². The van der Waals surface area contributed by atoms with Gasteiger partial charge in [0.2, 0.25) is 0 Å². The number of nitrogens with two attached hydrogens (primary N) is 1. The predicted molar refractivity (Wildman–Crippen MR) is 122 cm³/mol. The molecule has 0 bridgehead atoms. The molecule has 2 rings (SSSR count). The molecule has 180 valence electrons. The van der Waals surface area contributed by atoms with Crippen LogP contribution in [0.15, 0.2) is 18.2 Å². The highest BCUT2D eigenvalue weighted by atomic mass is 32.1. The lowest BCUT2D eigenvalue weighted by atomic mass is 9.81. The lowest BCUT2D eigenvalue weighted by Gasteiger charge is -2.29. The molecule has 1 atom stereocenters. The van der Waals surface area contributed by atoms with E-state index in [4.69, 9.17) is 15.2 Å². The van der Waals surface area contributed by atoms with Gasteiger partial charge in [-0.15, -0.1) is 10.2 Å². The summed E-state index contributed by atoms with van der Waals surface area (Å²) < 4.78 is 51.9. The van der Waals surface area contributed by atoms with E-state index in [9.17, 15) is 13.2 Å². The Kier molecular flexibility index (Phi) is 9.91. The molecule has 9 heteroatoms. The van der Waals surface area contributed by atoms with E-state index < -0.39 is 11.7 Å². The number of alkyl halides is 3. The second kappa shape index (κ2) is 12.0. The maximum absolute atomic E-state index is 13.7. The maximum atomic E-state index is 13.7. The van der Waals surface area contributed by atoms with Crippen LogP contribution < -0.4 is 10.5 Å². The number of benzene rings is 1. The van der Waals surface area contributed by atoms with Crippen LogP contribution in [0.4, 0.5) is 13.2 Å². The second-order valence-electron chi connectivity index (χ2n) is 8.54. The van der Waals surface area contributed by atoms with E-state index in [1.54, 1.807) is 6.07 Å². The molecule has 0 radical (unpaired) electrons. The Labute approximate surface area is 192 Å². The number of halogens is 3. The Hall–Kier alpha value is -1.71. The van der Waals surface area contributed by atoms with Gasteiger partial charge in [-0.2, -0.15) is 13.2 Å². The molecule has 0 saturated heterocycles. The summed E-state index contributed by atoms with van der Waals surface area (Å²) >= 11 is 1.23. The number of ether oxygens (including phenoxy) is 2. The van der Waals surface area contributed by atoms with Crippen LogP contribution in [0.2, 0.25) is 0 Å². The summed E-state index contributed by atoms with van der Waals surface area (Å²) in [5, 5.41) is 9.31. The first-order valence-corrected chi connectivity index (χ1v) is 11.9. The molecule has 0 amide bonds. The second-order valence-corrected chi connectivity index (χ2v) is 9.55. The standard InChI is InChI=1S/C23H34F3N3O2S/c1-5-11-22(3,4)19(27)21-29-28-20(32-21)16-9-10-18(17(15-16)23(24,25)26)31-14-8-7-13-30-12-6-2/h9-10,15,19H,5-8,11-14,27H2,1-4H3. The molecule has 2 aromatic rings. The number of hydrogen-bond acceptors (Lipinski definition) is 6. The van der Waals surface area contributed by atoms with Gasteiger partial charge in [0.05, 0.1) is 18.2 Å². The first-order chi connectivity index (χ1) is 15.1. The molecule has 0 aliphatic heterocycles. The Morgan fingerprint density at radius 2 is 1.75 bits per heavy atom. The van der Waals surface area contributed by atoms with Gasteiger partial charge in [-0.3, -0.25) is 0 Å². The molecule has 0 fully saturated rings. The molecular weight excluding hydrogens is 439 g/mol. The highest BCUT2D eigenvalue weighted by Crippen LogP contribution is 2.41. The minimum absolute atomic E-state index is 0.179. The summed E-state index contributed by atoms with van der Waals surface area (Å²) in [6.45, 7) is 9.70. The van der Waals surface area contributed by atoms with E-state index in [2.05, 4.69) is 31.0 Å². The topological polar surface area (TPSA) is 70.3 Å². The third-order valence-corrected chi connectivity index (χ3v) is 6.32. The van der Waals surface area contributed by atoms with Gasteiger partial charge in [-0.25, -0.2) is 0 Å². The van der Waals surface area contributed by atoms with Gasteiger partial charge in [0.15, 0.2) is 0 Å². The molecule has 32 heavy (non-hydrogen) atoms. The van der Waals surface area contributed by atoms with Crippen molar-refractivity contribution in [3.8, 4) is 16.3 Å². The Balaban J connectivity index is 2.13. The van der Waals surface area contributed by atoms with Crippen LogP contribution in [-0.4, -0.2) is 30.0 Å². The highest BCUT2D eigenvalue weighted by Gasteiger charge is 2.35. The zero-order chi connectivity index (χ0) is 23.8. The summed E-state index contributed by atoms with van der Waals surface area (Å²) in [6.07, 6.45) is -0.346. The van der Waals surface area contributed by atoms with Crippen molar-refractivity contribution in [2.24, 2.45) is 11.1 Å². The molecule has 0 saturated carbocycles. The zero-order valence-electron chi connectivity index (χ0n) is 19.3. The van der Waals surface area contributed by atoms with E-state index >= 15 is 0 Å². The first-order valence-electron chi connectivity index (χ1n) is 11.1. The zero-order valence-corrected chi connectivity index (χ0v) is 20.1. The summed E-state index contributed by atoms with van der Waals surface area (Å²) in [7, 11) is 0. The van der Waals surface area contributed by atoms with E-state index in [1.807, 2.05) is 6.92 Å². The number of hydrogen-bond donors (Lipinski definition) is 1.